The van der Waals surface area contributed by atoms with Crippen molar-refractivity contribution in [3.05, 3.63) is 29.3 Å². The summed E-state index contributed by atoms with van der Waals surface area (Å²) in [4.78, 5) is 23.4. The second-order valence-corrected chi connectivity index (χ2v) is 7.68. The predicted octanol–water partition coefficient (Wildman–Crippen LogP) is -0.434. The monoisotopic (exact) mass is 405 g/mol. The number of amides is 2. The first-order chi connectivity index (χ1) is 12.4. The number of ether oxygens (including phenoxy) is 2. The Bertz CT molecular complexity index is 740. The maximum Gasteiger partial charge on any atom is 0.309 e. The molecule has 1 fully saturated rings. The van der Waals surface area contributed by atoms with E-state index in [4.69, 9.17) is 21.1 Å². The number of carbonyl (C=O) groups excluding carboxylic acids is 2. The van der Waals surface area contributed by atoms with Crippen molar-refractivity contribution in [2.45, 2.75) is 11.1 Å². The average Bonchev–Trinajstić information content (AvgIpc) is 3.09. The predicted molar refractivity (Wildman–Crippen MR) is 93.0 cm³/mol. The van der Waals surface area contributed by atoms with Crippen LogP contribution < -0.4 is 10.6 Å². The molecule has 0 bridgehead atoms. The van der Waals surface area contributed by atoms with Crippen molar-refractivity contribution in [2.24, 2.45) is 0 Å². The van der Waals surface area contributed by atoms with Gasteiger partial charge in [-0.25, -0.2) is 8.42 Å². The fourth-order valence-corrected chi connectivity index (χ4v) is 3.93. The van der Waals surface area contributed by atoms with Crippen LogP contribution in [0.25, 0.3) is 0 Å². The molecule has 1 saturated heterocycles. The molecule has 1 aliphatic rings. The number of hydrogen-bond acceptors (Lipinski definition) is 6. The molecule has 0 radical (unpaired) electrons. The molecule has 1 heterocycles. The zero-order chi connectivity index (χ0) is 19.2. The van der Waals surface area contributed by atoms with Gasteiger partial charge in [-0.1, -0.05) is 11.6 Å². The van der Waals surface area contributed by atoms with Gasteiger partial charge in [-0.05, 0) is 24.3 Å². The third-order valence-corrected chi connectivity index (χ3v) is 5.75. The van der Waals surface area contributed by atoms with Crippen LogP contribution >= 0.6 is 11.6 Å². The number of halogens is 1. The molecule has 1 aromatic rings. The smallest absolute Gasteiger partial charge is 0.309 e. The van der Waals surface area contributed by atoms with E-state index >= 15 is 0 Å². The van der Waals surface area contributed by atoms with Crippen LogP contribution in [0.1, 0.15) is 0 Å². The lowest BCUT2D eigenvalue weighted by atomic mass is 10.4. The first-order valence-electron chi connectivity index (χ1n) is 7.80. The van der Waals surface area contributed by atoms with Crippen molar-refractivity contribution in [3.8, 4) is 0 Å². The summed E-state index contributed by atoms with van der Waals surface area (Å²) in [6, 6.07) is 5.75. The normalized spacial score (nSPS) is 17.8. The molecular formula is C15H20ClN3O6S. The molecule has 9 nitrogen and oxygen atoms in total. The van der Waals surface area contributed by atoms with E-state index < -0.39 is 28.1 Å². The maximum atomic E-state index is 12.7. The van der Waals surface area contributed by atoms with Gasteiger partial charge in [0, 0.05) is 25.2 Å². The molecule has 2 rings (SSSR count). The van der Waals surface area contributed by atoms with Crippen LogP contribution in [0.5, 0.6) is 0 Å². The lowest BCUT2D eigenvalue weighted by Crippen LogP contribution is -2.47. The summed E-state index contributed by atoms with van der Waals surface area (Å²) < 4.78 is 36.7. The summed E-state index contributed by atoms with van der Waals surface area (Å²) >= 11 is 5.78. The zero-order valence-corrected chi connectivity index (χ0v) is 15.7. The van der Waals surface area contributed by atoms with E-state index in [1.807, 2.05) is 0 Å². The lowest BCUT2D eigenvalue weighted by Gasteiger charge is -2.22. The van der Waals surface area contributed by atoms with E-state index in [0.717, 1.165) is 4.31 Å². The molecule has 0 unspecified atom stereocenters. The van der Waals surface area contributed by atoms with Gasteiger partial charge < -0.3 is 20.1 Å². The Labute approximate surface area is 156 Å². The molecule has 11 heteroatoms. The van der Waals surface area contributed by atoms with Crippen LogP contribution in [-0.4, -0.2) is 70.7 Å². The summed E-state index contributed by atoms with van der Waals surface area (Å²) in [7, 11) is -2.34. The average molecular weight is 406 g/mol. The maximum absolute atomic E-state index is 12.7. The molecule has 1 atom stereocenters. The number of nitrogens with zero attached hydrogens (tertiary/aromatic N) is 1. The number of rotatable bonds is 7. The molecule has 2 N–H and O–H groups in total. The van der Waals surface area contributed by atoms with Crippen molar-refractivity contribution in [2.75, 3.05) is 40.0 Å². The van der Waals surface area contributed by atoms with Gasteiger partial charge in [0.1, 0.15) is 6.23 Å². The van der Waals surface area contributed by atoms with E-state index in [1.165, 1.54) is 31.4 Å². The molecule has 0 aromatic heterocycles. The number of benzene rings is 1. The van der Waals surface area contributed by atoms with E-state index in [-0.39, 0.29) is 37.7 Å². The number of methoxy groups -OCH3 is 1. The summed E-state index contributed by atoms with van der Waals surface area (Å²) in [5.74, 6) is -1.70. The van der Waals surface area contributed by atoms with Crippen molar-refractivity contribution >= 4 is 33.4 Å². The Hall–Kier alpha value is -1.72. The summed E-state index contributed by atoms with van der Waals surface area (Å²) in [5.41, 5.74) is 0. The minimum absolute atomic E-state index is 0.0704. The van der Waals surface area contributed by atoms with Crippen molar-refractivity contribution in [3.63, 3.8) is 0 Å². The van der Waals surface area contributed by atoms with E-state index in [1.54, 1.807) is 0 Å². The summed E-state index contributed by atoms with van der Waals surface area (Å²) in [5, 5.41) is 5.16. The Morgan fingerprint density at radius 1 is 1.27 bits per heavy atom. The molecule has 0 spiro atoms. The SMILES string of the molecule is COCCNC(=O)C(=O)NC[C@H]1OCCN1S(=O)(=O)c1ccc(Cl)cc1. The molecule has 1 aromatic carbocycles. The lowest BCUT2D eigenvalue weighted by molar-refractivity contribution is -0.139. The molecule has 144 valence electrons. The van der Waals surface area contributed by atoms with Gasteiger partial charge in [0.2, 0.25) is 10.0 Å². The van der Waals surface area contributed by atoms with Gasteiger partial charge in [0.15, 0.2) is 0 Å². The topological polar surface area (TPSA) is 114 Å². The second kappa shape index (κ2) is 9.28. The van der Waals surface area contributed by atoms with Crippen molar-refractivity contribution in [1.29, 1.82) is 0 Å². The molecule has 26 heavy (non-hydrogen) atoms. The molecule has 1 aliphatic heterocycles. The molecular weight excluding hydrogens is 386 g/mol. The largest absolute Gasteiger partial charge is 0.383 e. The Morgan fingerprint density at radius 2 is 1.92 bits per heavy atom. The van der Waals surface area contributed by atoms with E-state index in [2.05, 4.69) is 10.6 Å². The Morgan fingerprint density at radius 3 is 2.58 bits per heavy atom. The first kappa shape index (κ1) is 20.6. The van der Waals surface area contributed by atoms with Gasteiger partial charge in [0.05, 0.1) is 24.7 Å². The van der Waals surface area contributed by atoms with Gasteiger partial charge in [0.25, 0.3) is 0 Å². The number of nitrogens with one attached hydrogen (secondary N) is 2. The van der Waals surface area contributed by atoms with Gasteiger partial charge in [-0.3, -0.25) is 9.59 Å². The van der Waals surface area contributed by atoms with Crippen LogP contribution in [0, 0.1) is 0 Å². The second-order valence-electron chi connectivity index (χ2n) is 5.35. The fraction of sp³-hybridized carbons (Fsp3) is 0.467. The fourth-order valence-electron chi connectivity index (χ4n) is 2.29. The number of carbonyl (C=O) groups is 2. The highest BCUT2D eigenvalue weighted by Crippen LogP contribution is 2.23. The summed E-state index contributed by atoms with van der Waals surface area (Å²) in [6.45, 7) is 0.653. The third-order valence-electron chi connectivity index (χ3n) is 3.60. The highest BCUT2D eigenvalue weighted by atomic mass is 35.5. The first-order valence-corrected chi connectivity index (χ1v) is 9.62. The Kier molecular flexibility index (Phi) is 7.35. The highest BCUT2D eigenvalue weighted by molar-refractivity contribution is 7.89. The Balaban J connectivity index is 1.96. The zero-order valence-electron chi connectivity index (χ0n) is 14.1. The van der Waals surface area contributed by atoms with E-state index in [0.29, 0.717) is 5.02 Å². The molecule has 0 saturated carbocycles. The van der Waals surface area contributed by atoms with Crippen molar-refractivity contribution < 1.29 is 27.5 Å². The minimum atomic E-state index is -3.81. The standard InChI is InChI=1S/C15H20ClN3O6S/c1-24-8-6-17-14(20)15(21)18-10-13-19(7-9-25-13)26(22,23)12-4-2-11(16)3-5-12/h2-5,13H,6-10H2,1H3,(H,17,20)(H,18,21)/t13-/m1/s1. The van der Waals surface area contributed by atoms with Crippen molar-refractivity contribution in [1.82, 2.24) is 14.9 Å². The van der Waals surface area contributed by atoms with Crippen LogP contribution in [0.4, 0.5) is 0 Å². The van der Waals surface area contributed by atoms with Gasteiger partial charge in [-0.2, -0.15) is 4.31 Å². The number of sulfonamides is 1. The third kappa shape index (κ3) is 5.15. The van der Waals surface area contributed by atoms with Gasteiger partial charge >= 0.3 is 11.8 Å². The molecule has 0 aliphatic carbocycles. The van der Waals surface area contributed by atoms with Crippen LogP contribution in [0.2, 0.25) is 5.02 Å². The van der Waals surface area contributed by atoms with E-state index in [9.17, 15) is 18.0 Å². The minimum Gasteiger partial charge on any atom is -0.383 e. The summed E-state index contributed by atoms with van der Waals surface area (Å²) in [6.07, 6.45) is -0.897. The van der Waals surface area contributed by atoms with Crippen LogP contribution in [0.15, 0.2) is 29.2 Å². The highest BCUT2D eigenvalue weighted by Gasteiger charge is 2.36. The van der Waals surface area contributed by atoms with Gasteiger partial charge in [-0.15, -0.1) is 0 Å². The van der Waals surface area contributed by atoms with Crippen LogP contribution in [0.3, 0.4) is 0 Å². The number of hydrogen-bond donors (Lipinski definition) is 2. The molecule has 2 amide bonds. The van der Waals surface area contributed by atoms with Crippen LogP contribution in [-0.2, 0) is 29.1 Å². The quantitative estimate of drug-likeness (QED) is 0.470.